The van der Waals surface area contributed by atoms with Crippen molar-refractivity contribution < 1.29 is 0 Å². The molecule has 1 saturated heterocycles. The summed E-state index contributed by atoms with van der Waals surface area (Å²) in [5, 5.41) is 0. The number of nitrogens with zero attached hydrogens (tertiary/aromatic N) is 2. The summed E-state index contributed by atoms with van der Waals surface area (Å²) < 4.78 is 0. The third kappa shape index (κ3) is 2.03. The average molecular weight is 222 g/mol. The highest BCUT2D eigenvalue weighted by Crippen LogP contribution is 2.25. The second-order valence-corrected chi connectivity index (χ2v) is 4.53. The van der Waals surface area contributed by atoms with Gasteiger partial charge in [0.05, 0.1) is 0 Å². The molecule has 2 unspecified atom stereocenters. The largest absolute Gasteiger partial charge is 0.383 e. The molecule has 3 N–H and O–H groups in total. The van der Waals surface area contributed by atoms with E-state index in [4.69, 9.17) is 5.73 Å². The molecule has 0 aromatic carbocycles. The first-order chi connectivity index (χ1) is 7.58. The molecule has 1 aromatic heterocycles. The first-order valence-corrected chi connectivity index (χ1v) is 5.73. The number of piperidine rings is 1. The molecule has 2 heterocycles. The van der Waals surface area contributed by atoms with E-state index < -0.39 is 0 Å². The smallest absolute Gasteiger partial charge is 0.254 e. The van der Waals surface area contributed by atoms with Crippen molar-refractivity contribution in [2.75, 3.05) is 10.6 Å². The zero-order valence-electron chi connectivity index (χ0n) is 9.73. The Morgan fingerprint density at radius 1 is 1.44 bits per heavy atom. The Kier molecular flexibility index (Phi) is 2.85. The van der Waals surface area contributed by atoms with E-state index in [2.05, 4.69) is 28.7 Å². The molecule has 0 saturated carbocycles. The van der Waals surface area contributed by atoms with Crippen molar-refractivity contribution in [2.45, 2.75) is 45.2 Å². The van der Waals surface area contributed by atoms with E-state index in [1.54, 1.807) is 0 Å². The molecule has 1 fully saturated rings. The topological polar surface area (TPSA) is 75.0 Å². The highest BCUT2D eigenvalue weighted by Gasteiger charge is 2.26. The quantitative estimate of drug-likeness (QED) is 0.746. The van der Waals surface area contributed by atoms with Crippen LogP contribution >= 0.6 is 0 Å². The van der Waals surface area contributed by atoms with Crippen molar-refractivity contribution >= 4 is 11.8 Å². The van der Waals surface area contributed by atoms with Gasteiger partial charge in [-0.3, -0.25) is 9.78 Å². The van der Waals surface area contributed by atoms with Gasteiger partial charge in [-0.15, -0.1) is 0 Å². The maximum atomic E-state index is 11.4. The van der Waals surface area contributed by atoms with Crippen LogP contribution in [0.4, 0.5) is 11.8 Å². The number of anilines is 2. The fraction of sp³-hybridized carbons (Fsp3) is 0.636. The van der Waals surface area contributed by atoms with Gasteiger partial charge in [-0.2, -0.15) is 4.98 Å². The Balaban J connectivity index is 2.37. The molecule has 16 heavy (non-hydrogen) atoms. The van der Waals surface area contributed by atoms with Crippen molar-refractivity contribution in [3.8, 4) is 0 Å². The van der Waals surface area contributed by atoms with E-state index in [9.17, 15) is 4.79 Å². The average Bonchev–Trinajstić information content (AvgIpc) is 2.15. The molecule has 1 aromatic rings. The number of aromatic nitrogens is 2. The minimum Gasteiger partial charge on any atom is -0.383 e. The summed E-state index contributed by atoms with van der Waals surface area (Å²) in [5.41, 5.74) is 5.41. The Hall–Kier alpha value is -1.52. The third-order valence-electron chi connectivity index (χ3n) is 3.19. The zero-order valence-corrected chi connectivity index (χ0v) is 9.73. The van der Waals surface area contributed by atoms with E-state index in [0.717, 1.165) is 12.8 Å². The molecule has 0 radical (unpaired) electrons. The van der Waals surface area contributed by atoms with Gasteiger partial charge in [0.25, 0.3) is 5.56 Å². The van der Waals surface area contributed by atoms with Crippen LogP contribution in [-0.2, 0) is 0 Å². The van der Waals surface area contributed by atoms with Gasteiger partial charge in [0.2, 0.25) is 5.95 Å². The van der Waals surface area contributed by atoms with Crippen molar-refractivity contribution in [3.05, 3.63) is 16.4 Å². The van der Waals surface area contributed by atoms with Crippen molar-refractivity contribution in [1.29, 1.82) is 0 Å². The lowest BCUT2D eigenvalue weighted by atomic mass is 9.98. The third-order valence-corrected chi connectivity index (χ3v) is 3.19. The van der Waals surface area contributed by atoms with Crippen molar-refractivity contribution in [2.24, 2.45) is 0 Å². The standard InChI is InChI=1S/C11H18N4O/c1-7-4-3-5-8(2)15(7)11-13-9(12)6-10(16)14-11/h6-8H,3-5H2,1-2H3,(H3,12,13,14,16). The maximum Gasteiger partial charge on any atom is 0.254 e. The van der Waals surface area contributed by atoms with E-state index >= 15 is 0 Å². The minimum atomic E-state index is -0.188. The predicted molar refractivity (Wildman–Crippen MR) is 64.5 cm³/mol. The predicted octanol–water partition coefficient (Wildman–Crippen LogP) is 1.12. The summed E-state index contributed by atoms with van der Waals surface area (Å²) in [7, 11) is 0. The molecule has 5 nitrogen and oxygen atoms in total. The summed E-state index contributed by atoms with van der Waals surface area (Å²) in [6.07, 6.45) is 3.48. The van der Waals surface area contributed by atoms with Crippen molar-refractivity contribution in [1.82, 2.24) is 9.97 Å². The monoisotopic (exact) mass is 222 g/mol. The highest BCUT2D eigenvalue weighted by atomic mass is 16.1. The van der Waals surface area contributed by atoms with Gasteiger partial charge in [-0.25, -0.2) is 0 Å². The SMILES string of the molecule is CC1CCCC(C)N1c1nc(N)cc(=O)[nH]1. The molecule has 5 heteroatoms. The molecule has 0 amide bonds. The molecular weight excluding hydrogens is 204 g/mol. The van der Waals surface area contributed by atoms with E-state index in [-0.39, 0.29) is 11.4 Å². The van der Waals surface area contributed by atoms with Crippen LogP contribution in [0.25, 0.3) is 0 Å². The summed E-state index contributed by atoms with van der Waals surface area (Å²) in [6, 6.07) is 2.10. The van der Waals surface area contributed by atoms with Crippen LogP contribution in [0.1, 0.15) is 33.1 Å². The Morgan fingerprint density at radius 3 is 2.62 bits per heavy atom. The van der Waals surface area contributed by atoms with Crippen LogP contribution in [0.5, 0.6) is 0 Å². The van der Waals surface area contributed by atoms with E-state index in [1.165, 1.54) is 12.5 Å². The summed E-state index contributed by atoms with van der Waals surface area (Å²) in [4.78, 5) is 20.5. The van der Waals surface area contributed by atoms with Crippen LogP contribution < -0.4 is 16.2 Å². The van der Waals surface area contributed by atoms with Crippen LogP contribution in [0.3, 0.4) is 0 Å². The fourth-order valence-electron chi connectivity index (χ4n) is 2.42. The number of hydrogen-bond donors (Lipinski definition) is 2. The van der Waals surface area contributed by atoms with Crippen molar-refractivity contribution in [3.63, 3.8) is 0 Å². The number of nitrogen functional groups attached to an aromatic ring is 1. The van der Waals surface area contributed by atoms with Gasteiger partial charge in [0.15, 0.2) is 0 Å². The van der Waals surface area contributed by atoms with Crippen LogP contribution in [0, 0.1) is 0 Å². The first kappa shape index (κ1) is 11.0. The number of nitrogens with one attached hydrogen (secondary N) is 1. The normalized spacial score (nSPS) is 25.8. The van der Waals surface area contributed by atoms with Crippen LogP contribution in [0.15, 0.2) is 10.9 Å². The fourth-order valence-corrected chi connectivity index (χ4v) is 2.42. The highest BCUT2D eigenvalue weighted by molar-refractivity contribution is 5.40. The van der Waals surface area contributed by atoms with Crippen LogP contribution in [0.2, 0.25) is 0 Å². The summed E-state index contributed by atoms with van der Waals surface area (Å²) >= 11 is 0. The molecular formula is C11H18N4O. The van der Waals surface area contributed by atoms with Gasteiger partial charge in [-0.05, 0) is 33.1 Å². The molecule has 0 aliphatic carbocycles. The Morgan fingerprint density at radius 2 is 2.06 bits per heavy atom. The molecule has 2 rings (SSSR count). The number of rotatable bonds is 1. The maximum absolute atomic E-state index is 11.4. The number of H-pyrrole nitrogens is 1. The lowest BCUT2D eigenvalue weighted by molar-refractivity contribution is 0.407. The second kappa shape index (κ2) is 4.15. The first-order valence-electron chi connectivity index (χ1n) is 5.73. The molecule has 1 aliphatic rings. The molecule has 1 aliphatic heterocycles. The Bertz CT molecular complexity index is 418. The van der Waals surface area contributed by atoms with Gasteiger partial charge in [0, 0.05) is 18.2 Å². The van der Waals surface area contributed by atoms with Gasteiger partial charge in [-0.1, -0.05) is 0 Å². The lowest BCUT2D eigenvalue weighted by Crippen LogP contribution is -2.45. The second-order valence-electron chi connectivity index (χ2n) is 4.53. The lowest BCUT2D eigenvalue weighted by Gasteiger charge is -2.39. The molecule has 88 valence electrons. The summed E-state index contributed by atoms with van der Waals surface area (Å²) in [5.74, 6) is 0.883. The van der Waals surface area contributed by atoms with E-state index in [1.807, 2.05) is 0 Å². The Labute approximate surface area is 94.7 Å². The number of hydrogen-bond acceptors (Lipinski definition) is 4. The minimum absolute atomic E-state index is 0.188. The van der Waals surface area contributed by atoms with E-state index in [0.29, 0.717) is 18.0 Å². The number of nitrogens with two attached hydrogens (primary N) is 1. The summed E-state index contributed by atoms with van der Waals surface area (Å²) in [6.45, 7) is 4.30. The van der Waals surface area contributed by atoms with Gasteiger partial charge < -0.3 is 10.6 Å². The van der Waals surface area contributed by atoms with Crippen LogP contribution in [-0.4, -0.2) is 22.1 Å². The number of aromatic amines is 1. The molecule has 0 spiro atoms. The zero-order chi connectivity index (χ0) is 11.7. The molecule has 0 bridgehead atoms. The van der Waals surface area contributed by atoms with Gasteiger partial charge >= 0.3 is 0 Å². The van der Waals surface area contributed by atoms with Gasteiger partial charge in [0.1, 0.15) is 5.82 Å². The molecule has 2 atom stereocenters.